The molecular weight excluding hydrogens is 282 g/mol. The van der Waals surface area contributed by atoms with E-state index in [9.17, 15) is 0 Å². The van der Waals surface area contributed by atoms with E-state index in [1.165, 1.54) is 38.1 Å². The second kappa shape index (κ2) is 3.76. The summed E-state index contributed by atoms with van der Waals surface area (Å²) in [4.78, 5) is 9.25. The molecule has 6 rings (SSSR count). The third-order valence-electron chi connectivity index (χ3n) is 4.82. The van der Waals surface area contributed by atoms with Crippen molar-refractivity contribution in [3.63, 3.8) is 0 Å². The minimum atomic E-state index is 1.02. The standard InChI is InChI=1S/C20H11N3/c1-2-7-16-12(4-1)13-8-10-22-19-14-5-3-6-15-18(14)17(9-11-21-15)23(16)20(13)19/h1-11H. The van der Waals surface area contributed by atoms with E-state index in [-0.39, 0.29) is 0 Å². The first-order valence-corrected chi connectivity index (χ1v) is 7.70. The molecule has 2 aromatic carbocycles. The van der Waals surface area contributed by atoms with Crippen molar-refractivity contribution in [2.24, 2.45) is 0 Å². The smallest absolute Gasteiger partial charge is 0.0956 e. The highest BCUT2D eigenvalue weighted by Gasteiger charge is 2.17. The SMILES string of the molecule is c1cc2nccc3c2c(c1)c1nccc2c4ccccc4n3c21. The zero-order valence-corrected chi connectivity index (χ0v) is 12.2. The third-order valence-corrected chi connectivity index (χ3v) is 4.82. The molecule has 3 nitrogen and oxygen atoms in total. The van der Waals surface area contributed by atoms with Gasteiger partial charge in [0.25, 0.3) is 0 Å². The number of pyridine rings is 3. The van der Waals surface area contributed by atoms with E-state index in [1.54, 1.807) is 0 Å². The van der Waals surface area contributed by atoms with Crippen molar-refractivity contribution in [2.75, 3.05) is 0 Å². The summed E-state index contributed by atoms with van der Waals surface area (Å²) >= 11 is 0. The van der Waals surface area contributed by atoms with E-state index in [0.29, 0.717) is 0 Å². The van der Waals surface area contributed by atoms with Gasteiger partial charge in [0.2, 0.25) is 0 Å². The van der Waals surface area contributed by atoms with Crippen LogP contribution in [0, 0.1) is 0 Å². The van der Waals surface area contributed by atoms with Gasteiger partial charge >= 0.3 is 0 Å². The summed E-state index contributed by atoms with van der Waals surface area (Å²) in [6.45, 7) is 0. The molecule has 0 N–H and O–H groups in total. The molecule has 0 aliphatic carbocycles. The van der Waals surface area contributed by atoms with Gasteiger partial charge in [0.1, 0.15) is 0 Å². The zero-order chi connectivity index (χ0) is 15.0. The molecule has 0 radical (unpaired) electrons. The first kappa shape index (κ1) is 11.4. The molecule has 0 fully saturated rings. The molecule has 4 aromatic heterocycles. The molecule has 4 heterocycles. The van der Waals surface area contributed by atoms with Crippen LogP contribution in [0.3, 0.4) is 0 Å². The largest absolute Gasteiger partial charge is 0.306 e. The van der Waals surface area contributed by atoms with E-state index < -0.39 is 0 Å². The molecule has 0 amide bonds. The first-order chi connectivity index (χ1) is 11.4. The number of para-hydroxylation sites is 1. The number of benzene rings is 2. The summed E-state index contributed by atoms with van der Waals surface area (Å²) in [5, 5.41) is 4.88. The van der Waals surface area contributed by atoms with Crippen molar-refractivity contribution in [1.82, 2.24) is 14.4 Å². The lowest BCUT2D eigenvalue weighted by Gasteiger charge is -2.11. The highest BCUT2D eigenvalue weighted by atomic mass is 14.9. The maximum Gasteiger partial charge on any atom is 0.0956 e. The van der Waals surface area contributed by atoms with Crippen molar-refractivity contribution in [3.8, 4) is 0 Å². The van der Waals surface area contributed by atoms with Gasteiger partial charge in [0, 0.05) is 33.9 Å². The quantitative estimate of drug-likeness (QED) is 0.298. The highest BCUT2D eigenvalue weighted by Crippen LogP contribution is 2.38. The molecule has 6 aromatic rings. The molecule has 0 aliphatic heterocycles. The average Bonchev–Trinajstić information content (AvgIpc) is 2.95. The lowest BCUT2D eigenvalue weighted by Crippen LogP contribution is -1.94. The minimum absolute atomic E-state index is 1.02. The average molecular weight is 293 g/mol. The van der Waals surface area contributed by atoms with E-state index in [1.807, 2.05) is 12.4 Å². The van der Waals surface area contributed by atoms with Crippen LogP contribution >= 0.6 is 0 Å². The molecule has 0 aliphatic rings. The number of rotatable bonds is 0. The Kier molecular flexibility index (Phi) is 1.86. The number of hydrogen-bond acceptors (Lipinski definition) is 2. The molecule has 0 saturated heterocycles. The molecular formula is C20H11N3. The van der Waals surface area contributed by atoms with Crippen molar-refractivity contribution in [1.29, 1.82) is 0 Å². The summed E-state index contributed by atoms with van der Waals surface area (Å²) in [6, 6.07) is 19.1. The summed E-state index contributed by atoms with van der Waals surface area (Å²) in [5.74, 6) is 0. The third kappa shape index (κ3) is 1.23. The van der Waals surface area contributed by atoms with Crippen molar-refractivity contribution < 1.29 is 0 Å². The Morgan fingerprint density at radius 1 is 0.652 bits per heavy atom. The Labute approximate surface area is 131 Å². The molecule has 0 saturated carbocycles. The summed E-state index contributed by atoms with van der Waals surface area (Å²) in [6.07, 6.45) is 3.80. The Morgan fingerprint density at radius 3 is 2.52 bits per heavy atom. The number of aromatic nitrogens is 3. The van der Waals surface area contributed by atoms with Crippen LogP contribution in [0.15, 0.2) is 67.0 Å². The number of hydrogen-bond donors (Lipinski definition) is 0. The van der Waals surface area contributed by atoms with Crippen LogP contribution < -0.4 is 0 Å². The van der Waals surface area contributed by atoms with Crippen LogP contribution in [0.5, 0.6) is 0 Å². The fourth-order valence-electron chi connectivity index (χ4n) is 3.93. The Bertz CT molecular complexity index is 1360. The van der Waals surface area contributed by atoms with Crippen LogP contribution in [0.1, 0.15) is 0 Å². The van der Waals surface area contributed by atoms with Gasteiger partial charge < -0.3 is 4.40 Å². The molecule has 106 valence electrons. The molecule has 3 heteroatoms. The van der Waals surface area contributed by atoms with Crippen LogP contribution in [-0.4, -0.2) is 14.4 Å². The predicted molar refractivity (Wildman–Crippen MR) is 94.2 cm³/mol. The number of nitrogens with zero attached hydrogens (tertiary/aromatic N) is 3. The van der Waals surface area contributed by atoms with Crippen molar-refractivity contribution in [3.05, 3.63) is 67.0 Å². The second-order valence-corrected chi connectivity index (χ2v) is 5.94. The van der Waals surface area contributed by atoms with Gasteiger partial charge in [0.15, 0.2) is 0 Å². The van der Waals surface area contributed by atoms with Crippen LogP contribution in [0.4, 0.5) is 0 Å². The van der Waals surface area contributed by atoms with E-state index >= 15 is 0 Å². The maximum atomic E-state index is 4.71. The molecule has 0 unspecified atom stereocenters. The second-order valence-electron chi connectivity index (χ2n) is 5.94. The molecule has 0 spiro atoms. The predicted octanol–water partition coefficient (Wildman–Crippen LogP) is 4.78. The number of fused-ring (bicyclic) bond motifs is 5. The Hall–Kier alpha value is -3.20. The lowest BCUT2D eigenvalue weighted by atomic mass is 10.1. The Morgan fingerprint density at radius 2 is 1.52 bits per heavy atom. The molecule has 0 bridgehead atoms. The molecule has 23 heavy (non-hydrogen) atoms. The van der Waals surface area contributed by atoms with Gasteiger partial charge in [-0.1, -0.05) is 30.3 Å². The van der Waals surface area contributed by atoms with Crippen LogP contribution in [0.2, 0.25) is 0 Å². The minimum Gasteiger partial charge on any atom is -0.306 e. The van der Waals surface area contributed by atoms with Gasteiger partial charge in [-0.05, 0) is 24.3 Å². The topological polar surface area (TPSA) is 30.2 Å². The summed E-state index contributed by atoms with van der Waals surface area (Å²) in [5.41, 5.74) is 5.67. The van der Waals surface area contributed by atoms with Gasteiger partial charge in [-0.25, -0.2) is 0 Å². The lowest BCUT2D eigenvalue weighted by molar-refractivity contribution is 1.31. The van der Waals surface area contributed by atoms with Gasteiger partial charge in [-0.15, -0.1) is 0 Å². The monoisotopic (exact) mass is 293 g/mol. The van der Waals surface area contributed by atoms with E-state index in [0.717, 1.165) is 11.0 Å². The zero-order valence-electron chi connectivity index (χ0n) is 12.2. The first-order valence-electron chi connectivity index (χ1n) is 7.70. The normalized spacial score (nSPS) is 12.3. The van der Waals surface area contributed by atoms with Gasteiger partial charge in [-0.3, -0.25) is 9.97 Å². The van der Waals surface area contributed by atoms with Gasteiger partial charge in [-0.2, -0.15) is 0 Å². The summed E-state index contributed by atoms with van der Waals surface area (Å²) < 4.78 is 2.34. The fraction of sp³-hybridized carbons (Fsp3) is 0. The van der Waals surface area contributed by atoms with E-state index in [4.69, 9.17) is 4.98 Å². The van der Waals surface area contributed by atoms with Crippen molar-refractivity contribution >= 4 is 49.1 Å². The highest BCUT2D eigenvalue weighted by molar-refractivity contribution is 6.25. The van der Waals surface area contributed by atoms with E-state index in [2.05, 4.69) is 64.0 Å². The maximum absolute atomic E-state index is 4.71. The van der Waals surface area contributed by atoms with Gasteiger partial charge in [0.05, 0.1) is 27.6 Å². The van der Waals surface area contributed by atoms with Crippen LogP contribution in [-0.2, 0) is 0 Å². The summed E-state index contributed by atoms with van der Waals surface area (Å²) in [7, 11) is 0. The molecule has 0 atom stereocenters. The fourth-order valence-corrected chi connectivity index (χ4v) is 3.93. The Balaban J connectivity index is 2.17. The van der Waals surface area contributed by atoms with Crippen LogP contribution in [0.25, 0.3) is 49.1 Å². The van der Waals surface area contributed by atoms with Crippen molar-refractivity contribution in [2.45, 2.75) is 0 Å².